The molecule has 1 aromatic carbocycles. The highest BCUT2D eigenvalue weighted by atomic mass is 35.5. The first kappa shape index (κ1) is 22.6. The van der Waals surface area contributed by atoms with Gasteiger partial charge in [-0.15, -0.1) is 0 Å². The largest absolute Gasteiger partial charge is 0.381 e. The van der Waals surface area contributed by atoms with Crippen molar-refractivity contribution < 1.29 is 18.3 Å². The Labute approximate surface area is 190 Å². The molecule has 1 saturated heterocycles. The van der Waals surface area contributed by atoms with Crippen molar-refractivity contribution in [3.8, 4) is 0 Å². The van der Waals surface area contributed by atoms with Crippen LogP contribution in [-0.4, -0.2) is 41.0 Å². The summed E-state index contributed by atoms with van der Waals surface area (Å²) in [5.74, 6) is 0.115. The molecule has 0 spiro atoms. The van der Waals surface area contributed by atoms with Crippen LogP contribution in [0.15, 0.2) is 41.5 Å². The van der Waals surface area contributed by atoms with Crippen LogP contribution >= 0.6 is 11.6 Å². The zero-order valence-corrected chi connectivity index (χ0v) is 18.5. The Morgan fingerprint density at radius 1 is 1.28 bits per heavy atom. The predicted octanol–water partition coefficient (Wildman–Crippen LogP) is 4.20. The van der Waals surface area contributed by atoms with E-state index in [0.717, 1.165) is 24.0 Å². The summed E-state index contributed by atoms with van der Waals surface area (Å²) in [6.07, 6.45) is 0.849. The van der Waals surface area contributed by atoms with Crippen molar-refractivity contribution in [1.29, 1.82) is 0 Å². The Hall–Kier alpha value is -2.58. The number of aliphatic imine (C=N–C) groups is 1. The second kappa shape index (κ2) is 9.11. The van der Waals surface area contributed by atoms with Crippen molar-refractivity contribution in [2.45, 2.75) is 50.6 Å². The average molecular weight is 463 g/mol. The molecule has 1 atom stereocenters. The number of aromatic nitrogens is 1. The van der Waals surface area contributed by atoms with Crippen molar-refractivity contribution in [3.05, 3.63) is 63.9 Å². The van der Waals surface area contributed by atoms with Gasteiger partial charge in [0, 0.05) is 36.9 Å². The number of alkyl halides is 2. The molecule has 2 aliphatic rings. The van der Waals surface area contributed by atoms with E-state index in [1.165, 1.54) is 12.3 Å². The van der Waals surface area contributed by atoms with Gasteiger partial charge in [-0.3, -0.25) is 14.7 Å². The summed E-state index contributed by atoms with van der Waals surface area (Å²) in [7, 11) is 0. The van der Waals surface area contributed by atoms with Gasteiger partial charge in [-0.25, -0.2) is 13.8 Å². The van der Waals surface area contributed by atoms with Crippen LogP contribution in [0.1, 0.15) is 55.0 Å². The monoisotopic (exact) mass is 462 g/mol. The molecule has 0 radical (unpaired) electrons. The van der Waals surface area contributed by atoms with E-state index >= 15 is 0 Å². The molecule has 0 unspecified atom stereocenters. The molecule has 1 fully saturated rings. The van der Waals surface area contributed by atoms with Gasteiger partial charge < -0.3 is 10.5 Å². The standard InChI is InChI=1S/C23H25ClF2N4O2/c1-23(12-19(31)30(22(27)29-23)16-7-9-32-10-8-16)17-4-2-3-15(20(17)24)11-14-5-6-18(21(25)26)28-13-14/h2-6,13,16,21H,7-12H2,1H3,(H2,27,29)/t23-/m0/s1. The molecule has 1 amide bonds. The highest BCUT2D eigenvalue weighted by Crippen LogP contribution is 2.39. The third kappa shape index (κ3) is 4.47. The maximum atomic E-state index is 13.1. The van der Waals surface area contributed by atoms with E-state index in [1.807, 2.05) is 25.1 Å². The summed E-state index contributed by atoms with van der Waals surface area (Å²) >= 11 is 6.75. The fourth-order valence-electron chi connectivity index (χ4n) is 4.36. The van der Waals surface area contributed by atoms with Crippen molar-refractivity contribution in [1.82, 2.24) is 9.88 Å². The smallest absolute Gasteiger partial charge is 0.280 e. The number of hydrogen-bond acceptors (Lipinski definition) is 5. The van der Waals surface area contributed by atoms with Crippen molar-refractivity contribution in [3.63, 3.8) is 0 Å². The van der Waals surface area contributed by atoms with E-state index in [9.17, 15) is 13.6 Å². The number of nitrogens with zero attached hydrogens (tertiary/aromatic N) is 3. The molecule has 32 heavy (non-hydrogen) atoms. The molecule has 2 aromatic rings. The van der Waals surface area contributed by atoms with Crippen LogP contribution in [0.25, 0.3) is 0 Å². The maximum absolute atomic E-state index is 13.1. The maximum Gasteiger partial charge on any atom is 0.280 e. The van der Waals surface area contributed by atoms with E-state index in [-0.39, 0.29) is 30.0 Å². The Balaban J connectivity index is 1.60. The third-order valence-electron chi connectivity index (χ3n) is 6.05. The second-order valence-corrected chi connectivity index (χ2v) is 8.75. The van der Waals surface area contributed by atoms with Crippen molar-refractivity contribution in [2.24, 2.45) is 10.7 Å². The number of ether oxygens (including phenoxy) is 1. The number of benzene rings is 1. The van der Waals surface area contributed by atoms with Gasteiger partial charge in [0.1, 0.15) is 5.69 Å². The lowest BCUT2D eigenvalue weighted by Gasteiger charge is -2.40. The summed E-state index contributed by atoms with van der Waals surface area (Å²) in [6.45, 7) is 3.04. The first-order valence-corrected chi connectivity index (χ1v) is 10.9. The van der Waals surface area contributed by atoms with Gasteiger partial charge >= 0.3 is 0 Å². The van der Waals surface area contributed by atoms with Gasteiger partial charge in [-0.05, 0) is 42.5 Å². The number of rotatable bonds is 5. The Morgan fingerprint density at radius 3 is 2.66 bits per heavy atom. The third-order valence-corrected chi connectivity index (χ3v) is 6.50. The summed E-state index contributed by atoms with van der Waals surface area (Å²) in [5, 5.41) is 0.483. The van der Waals surface area contributed by atoms with Gasteiger partial charge in [0.2, 0.25) is 5.91 Å². The molecular weight excluding hydrogens is 438 g/mol. The number of guanidine groups is 1. The molecule has 4 rings (SSSR count). The summed E-state index contributed by atoms with van der Waals surface area (Å²) in [4.78, 5) is 23.2. The molecule has 2 aliphatic heterocycles. The molecular formula is C23H25ClF2N4O2. The van der Waals surface area contributed by atoms with Crippen LogP contribution in [0.4, 0.5) is 8.78 Å². The molecule has 0 aliphatic carbocycles. The zero-order chi connectivity index (χ0) is 22.9. The Morgan fingerprint density at radius 2 is 2.03 bits per heavy atom. The SMILES string of the molecule is C[C@@]1(c2cccc(Cc3ccc(C(F)F)nc3)c2Cl)CC(=O)N(C2CCOCC2)C(N)=N1. The van der Waals surface area contributed by atoms with Gasteiger partial charge in [-0.1, -0.05) is 35.9 Å². The van der Waals surface area contributed by atoms with Crippen LogP contribution in [0.3, 0.4) is 0 Å². The van der Waals surface area contributed by atoms with E-state index in [4.69, 9.17) is 27.1 Å². The summed E-state index contributed by atoms with van der Waals surface area (Å²) < 4.78 is 30.9. The predicted molar refractivity (Wildman–Crippen MR) is 118 cm³/mol. The molecule has 2 N–H and O–H groups in total. The average Bonchev–Trinajstić information content (AvgIpc) is 2.75. The summed E-state index contributed by atoms with van der Waals surface area (Å²) in [6, 6.07) is 8.49. The lowest BCUT2D eigenvalue weighted by Crippen LogP contribution is -2.55. The fraction of sp³-hybridized carbons (Fsp3) is 0.435. The number of nitrogens with two attached hydrogens (primary N) is 1. The topological polar surface area (TPSA) is 80.8 Å². The lowest BCUT2D eigenvalue weighted by molar-refractivity contribution is -0.132. The van der Waals surface area contributed by atoms with Crippen molar-refractivity contribution >= 4 is 23.5 Å². The van der Waals surface area contributed by atoms with Gasteiger partial charge in [0.15, 0.2) is 5.96 Å². The minimum Gasteiger partial charge on any atom is -0.381 e. The Bertz CT molecular complexity index is 1030. The first-order valence-electron chi connectivity index (χ1n) is 10.5. The minimum atomic E-state index is -2.61. The molecule has 3 heterocycles. The number of halogens is 3. The van der Waals surface area contributed by atoms with E-state index in [2.05, 4.69) is 4.98 Å². The zero-order valence-electron chi connectivity index (χ0n) is 17.7. The van der Waals surface area contributed by atoms with E-state index in [1.54, 1.807) is 11.0 Å². The second-order valence-electron chi connectivity index (χ2n) is 8.38. The lowest BCUT2D eigenvalue weighted by atomic mass is 9.85. The number of carbonyl (C=O) groups excluding carboxylic acids is 1. The van der Waals surface area contributed by atoms with Crippen LogP contribution in [0, 0.1) is 0 Å². The van der Waals surface area contributed by atoms with Crippen LogP contribution < -0.4 is 5.73 Å². The van der Waals surface area contributed by atoms with Crippen LogP contribution in [0.5, 0.6) is 0 Å². The highest BCUT2D eigenvalue weighted by Gasteiger charge is 2.41. The minimum absolute atomic E-state index is 0.00457. The number of carbonyl (C=O) groups is 1. The van der Waals surface area contributed by atoms with Gasteiger partial charge in [-0.2, -0.15) is 0 Å². The van der Waals surface area contributed by atoms with Gasteiger partial charge in [0.05, 0.1) is 12.0 Å². The molecule has 0 bridgehead atoms. The molecule has 1 aromatic heterocycles. The summed E-state index contributed by atoms with van der Waals surface area (Å²) in [5.41, 5.74) is 7.36. The molecule has 6 nitrogen and oxygen atoms in total. The molecule has 9 heteroatoms. The van der Waals surface area contributed by atoms with Gasteiger partial charge in [0.25, 0.3) is 6.43 Å². The van der Waals surface area contributed by atoms with Crippen LogP contribution in [0.2, 0.25) is 5.02 Å². The number of pyridine rings is 1. The molecule has 170 valence electrons. The first-order chi connectivity index (χ1) is 15.3. The van der Waals surface area contributed by atoms with Crippen LogP contribution in [-0.2, 0) is 21.5 Å². The van der Waals surface area contributed by atoms with Crippen molar-refractivity contribution in [2.75, 3.05) is 13.2 Å². The quantitative estimate of drug-likeness (QED) is 0.722. The van der Waals surface area contributed by atoms with E-state index < -0.39 is 12.0 Å². The van der Waals surface area contributed by atoms with E-state index in [0.29, 0.717) is 30.2 Å². The molecule has 0 saturated carbocycles. The number of hydrogen-bond donors (Lipinski definition) is 1. The Kier molecular flexibility index (Phi) is 6.44. The fourth-order valence-corrected chi connectivity index (χ4v) is 4.76. The number of amides is 1. The normalized spacial score (nSPS) is 22.3. The highest BCUT2D eigenvalue weighted by molar-refractivity contribution is 6.32.